The van der Waals surface area contributed by atoms with Crippen molar-refractivity contribution in [3.63, 3.8) is 0 Å². The minimum absolute atomic E-state index is 0.146. The molecule has 0 saturated heterocycles. The van der Waals surface area contributed by atoms with Gasteiger partial charge in [0.15, 0.2) is 5.11 Å². The first-order chi connectivity index (χ1) is 11.3. The number of ether oxygens (including phenoxy) is 1. The number of benzene rings is 2. The van der Waals surface area contributed by atoms with Crippen molar-refractivity contribution < 1.29 is 4.74 Å². The van der Waals surface area contributed by atoms with E-state index in [4.69, 9.17) is 17.0 Å². The fourth-order valence-electron chi connectivity index (χ4n) is 2.37. The third-order valence-electron chi connectivity index (χ3n) is 3.86. The monoisotopic (exact) mass is 342 g/mol. The van der Waals surface area contributed by atoms with Crippen LogP contribution in [0.25, 0.3) is 0 Å². The highest BCUT2D eigenvalue weighted by Crippen LogP contribution is 2.19. The molecule has 0 aromatic heterocycles. The lowest BCUT2D eigenvalue weighted by molar-refractivity contribution is 0.242. The highest BCUT2D eigenvalue weighted by molar-refractivity contribution is 7.80. The van der Waals surface area contributed by atoms with Crippen molar-refractivity contribution in [3.05, 3.63) is 59.2 Å². The molecule has 0 fully saturated rings. The van der Waals surface area contributed by atoms with Crippen molar-refractivity contribution >= 4 is 23.0 Å². The summed E-state index contributed by atoms with van der Waals surface area (Å²) in [5.41, 5.74) is 4.76. The number of anilines is 1. The number of nitrogens with one attached hydrogen (secondary N) is 2. The molecule has 2 N–H and O–H groups in total. The molecule has 0 radical (unpaired) electrons. The van der Waals surface area contributed by atoms with Crippen LogP contribution in [-0.4, -0.2) is 11.2 Å². The molecule has 2 rings (SSSR count). The molecule has 4 heteroatoms. The van der Waals surface area contributed by atoms with E-state index in [9.17, 15) is 0 Å². The minimum atomic E-state index is 0.146. The lowest BCUT2D eigenvalue weighted by Crippen LogP contribution is -2.30. The average molecular weight is 343 g/mol. The van der Waals surface area contributed by atoms with Gasteiger partial charge in [-0.25, -0.2) is 0 Å². The Morgan fingerprint density at radius 1 is 0.958 bits per heavy atom. The Morgan fingerprint density at radius 3 is 2.21 bits per heavy atom. The molecule has 1 unspecified atom stereocenters. The van der Waals surface area contributed by atoms with E-state index >= 15 is 0 Å². The summed E-state index contributed by atoms with van der Waals surface area (Å²) < 4.78 is 5.64. The molecular formula is C20H26N2OS. The van der Waals surface area contributed by atoms with Gasteiger partial charge in [-0.3, -0.25) is 0 Å². The highest BCUT2D eigenvalue weighted by Gasteiger charge is 2.08. The van der Waals surface area contributed by atoms with E-state index in [2.05, 4.69) is 49.6 Å². The molecular weight excluding hydrogens is 316 g/mol. The van der Waals surface area contributed by atoms with Crippen molar-refractivity contribution in [1.29, 1.82) is 0 Å². The summed E-state index contributed by atoms with van der Waals surface area (Å²) in [5.74, 6) is 0.859. The fourth-order valence-corrected chi connectivity index (χ4v) is 2.66. The summed E-state index contributed by atoms with van der Waals surface area (Å²) in [6.07, 6.45) is 0.172. The van der Waals surface area contributed by atoms with Crippen molar-refractivity contribution in [1.82, 2.24) is 5.32 Å². The molecule has 3 nitrogen and oxygen atoms in total. The third kappa shape index (κ3) is 5.24. The Kier molecular flexibility index (Phi) is 6.21. The van der Waals surface area contributed by atoms with Gasteiger partial charge in [0.1, 0.15) is 5.75 Å². The normalized spacial score (nSPS) is 11.9. The van der Waals surface area contributed by atoms with Crippen LogP contribution in [0.5, 0.6) is 5.75 Å². The van der Waals surface area contributed by atoms with Gasteiger partial charge in [-0.15, -0.1) is 0 Å². The first-order valence-electron chi connectivity index (χ1n) is 8.26. The van der Waals surface area contributed by atoms with E-state index in [1.807, 2.05) is 38.1 Å². The second-order valence-corrected chi connectivity index (χ2v) is 6.76. The Hall–Kier alpha value is -2.07. The second kappa shape index (κ2) is 8.15. The molecule has 0 amide bonds. The van der Waals surface area contributed by atoms with Crippen molar-refractivity contribution in [2.24, 2.45) is 0 Å². The molecule has 2 aromatic rings. The van der Waals surface area contributed by atoms with Gasteiger partial charge in [0.2, 0.25) is 0 Å². The maximum absolute atomic E-state index is 5.64. The molecule has 128 valence electrons. The van der Waals surface area contributed by atoms with E-state index < -0.39 is 0 Å². The van der Waals surface area contributed by atoms with Crippen LogP contribution in [0.15, 0.2) is 42.5 Å². The van der Waals surface area contributed by atoms with Crippen LogP contribution in [0.3, 0.4) is 0 Å². The molecule has 2 aromatic carbocycles. The Labute approximate surface area is 150 Å². The zero-order chi connectivity index (χ0) is 17.7. The quantitative estimate of drug-likeness (QED) is 0.737. The zero-order valence-corrected chi connectivity index (χ0v) is 15.8. The van der Waals surface area contributed by atoms with E-state index in [0.717, 1.165) is 11.4 Å². The van der Waals surface area contributed by atoms with Crippen LogP contribution >= 0.6 is 12.2 Å². The Morgan fingerprint density at radius 2 is 1.62 bits per heavy atom. The van der Waals surface area contributed by atoms with Crippen LogP contribution in [-0.2, 0) is 0 Å². The van der Waals surface area contributed by atoms with E-state index in [1.54, 1.807) is 0 Å². The lowest BCUT2D eigenvalue weighted by Gasteiger charge is -2.18. The van der Waals surface area contributed by atoms with Gasteiger partial charge in [-0.05, 0) is 87.8 Å². The van der Waals surface area contributed by atoms with Gasteiger partial charge in [-0.2, -0.15) is 0 Å². The molecule has 0 aliphatic carbocycles. The standard InChI is InChI=1S/C20H26N2OS/c1-13(2)23-19-10-8-18(9-11-19)22-20(24)21-16(5)17-7-6-14(3)15(4)12-17/h6-13,16H,1-5H3,(H2,21,22,24). The smallest absolute Gasteiger partial charge is 0.171 e. The number of hydrogen-bond acceptors (Lipinski definition) is 2. The molecule has 0 aliphatic rings. The van der Waals surface area contributed by atoms with Gasteiger partial charge in [-0.1, -0.05) is 18.2 Å². The maximum Gasteiger partial charge on any atom is 0.171 e. The molecule has 0 heterocycles. The zero-order valence-electron chi connectivity index (χ0n) is 15.0. The number of thiocarbonyl (C=S) groups is 1. The average Bonchev–Trinajstić information content (AvgIpc) is 2.51. The summed E-state index contributed by atoms with van der Waals surface area (Å²) in [6.45, 7) is 10.4. The highest BCUT2D eigenvalue weighted by atomic mass is 32.1. The van der Waals surface area contributed by atoms with Crippen LogP contribution < -0.4 is 15.4 Å². The number of rotatable bonds is 5. The van der Waals surface area contributed by atoms with Gasteiger partial charge < -0.3 is 15.4 Å². The van der Waals surface area contributed by atoms with E-state index in [0.29, 0.717) is 5.11 Å². The molecule has 0 saturated carbocycles. The third-order valence-corrected chi connectivity index (χ3v) is 4.08. The van der Waals surface area contributed by atoms with E-state index in [-0.39, 0.29) is 12.1 Å². The summed E-state index contributed by atoms with van der Waals surface area (Å²) in [7, 11) is 0. The second-order valence-electron chi connectivity index (χ2n) is 6.35. The summed E-state index contributed by atoms with van der Waals surface area (Å²) in [5, 5.41) is 7.15. The number of aryl methyl sites for hydroxylation is 2. The topological polar surface area (TPSA) is 33.3 Å². The molecule has 1 atom stereocenters. The molecule has 24 heavy (non-hydrogen) atoms. The first kappa shape index (κ1) is 18.3. The Balaban J connectivity index is 1.93. The number of hydrogen-bond donors (Lipinski definition) is 2. The SMILES string of the molecule is Cc1ccc(C(C)NC(=S)Nc2ccc(OC(C)C)cc2)cc1C. The summed E-state index contributed by atoms with van der Waals surface area (Å²) in [6, 6.07) is 14.4. The van der Waals surface area contributed by atoms with E-state index in [1.165, 1.54) is 16.7 Å². The molecule has 0 aliphatic heterocycles. The van der Waals surface area contributed by atoms with Gasteiger partial charge in [0.25, 0.3) is 0 Å². The first-order valence-corrected chi connectivity index (χ1v) is 8.67. The minimum Gasteiger partial charge on any atom is -0.491 e. The van der Waals surface area contributed by atoms with Gasteiger partial charge >= 0.3 is 0 Å². The van der Waals surface area contributed by atoms with Crippen molar-refractivity contribution in [2.75, 3.05) is 5.32 Å². The predicted octanol–water partition coefficient (Wildman–Crippen LogP) is 5.14. The Bertz CT molecular complexity index is 695. The molecule has 0 spiro atoms. The van der Waals surface area contributed by atoms with Crippen LogP contribution in [0, 0.1) is 13.8 Å². The van der Waals surface area contributed by atoms with Crippen LogP contribution in [0.1, 0.15) is 43.5 Å². The van der Waals surface area contributed by atoms with Gasteiger partial charge in [0, 0.05) is 5.69 Å². The van der Waals surface area contributed by atoms with Crippen molar-refractivity contribution in [2.45, 2.75) is 46.8 Å². The lowest BCUT2D eigenvalue weighted by atomic mass is 10.0. The maximum atomic E-state index is 5.64. The van der Waals surface area contributed by atoms with Crippen LogP contribution in [0.2, 0.25) is 0 Å². The summed E-state index contributed by atoms with van der Waals surface area (Å²) >= 11 is 5.42. The van der Waals surface area contributed by atoms with Crippen LogP contribution in [0.4, 0.5) is 5.69 Å². The fraction of sp³-hybridized carbons (Fsp3) is 0.350. The summed E-state index contributed by atoms with van der Waals surface area (Å²) in [4.78, 5) is 0. The van der Waals surface area contributed by atoms with Crippen molar-refractivity contribution in [3.8, 4) is 5.75 Å². The van der Waals surface area contributed by atoms with Gasteiger partial charge in [0.05, 0.1) is 12.1 Å². The predicted molar refractivity (Wildman–Crippen MR) is 106 cm³/mol. The largest absolute Gasteiger partial charge is 0.491 e. The molecule has 0 bridgehead atoms.